The fourth-order valence-electron chi connectivity index (χ4n) is 3.79. The van der Waals surface area contributed by atoms with Gasteiger partial charge in [0.05, 0.1) is 0 Å². The van der Waals surface area contributed by atoms with Gasteiger partial charge in [-0.3, -0.25) is 4.99 Å². The molecule has 1 atom stereocenters. The highest BCUT2D eigenvalue weighted by atomic mass is 127. The molecule has 1 heterocycles. The van der Waals surface area contributed by atoms with Gasteiger partial charge in [-0.05, 0) is 55.9 Å². The summed E-state index contributed by atoms with van der Waals surface area (Å²) >= 11 is 0. The van der Waals surface area contributed by atoms with Gasteiger partial charge in [-0.25, -0.2) is 4.79 Å². The van der Waals surface area contributed by atoms with E-state index < -0.39 is 0 Å². The first kappa shape index (κ1) is 25.0. The molecular weight excluding hydrogens is 501 g/mol. The Labute approximate surface area is 202 Å². The highest BCUT2D eigenvalue weighted by Crippen LogP contribution is 2.21. The number of hydrogen-bond donors (Lipinski definition) is 3. The summed E-state index contributed by atoms with van der Waals surface area (Å²) in [5.74, 6) is 1.61. The molecule has 3 N–H and O–H groups in total. The highest BCUT2D eigenvalue weighted by Gasteiger charge is 2.24. The molecule has 168 valence electrons. The zero-order valence-electron chi connectivity index (χ0n) is 18.6. The number of urea groups is 1. The Morgan fingerprint density at radius 3 is 2.45 bits per heavy atom. The van der Waals surface area contributed by atoms with Gasteiger partial charge in [-0.2, -0.15) is 0 Å². The van der Waals surface area contributed by atoms with Crippen LogP contribution in [0.1, 0.15) is 31.4 Å². The standard InChI is InChI=1S/C24H33N5O.HI/c1-18(2)27-24(30)28-22-11-9-20(10-12-22)16-26-23(25-3)29-14-13-21(17-29)15-19-7-5-4-6-8-19;/h4-12,18,21H,13-17H2,1-3H3,(H,25,26)(H2,27,28,30);1H. The maximum atomic E-state index is 11.8. The fraction of sp³-hybridized carbons (Fsp3) is 0.417. The molecule has 0 spiro atoms. The smallest absolute Gasteiger partial charge is 0.319 e. The molecule has 7 heteroatoms. The van der Waals surface area contributed by atoms with E-state index in [0.717, 1.165) is 36.7 Å². The van der Waals surface area contributed by atoms with Crippen LogP contribution >= 0.6 is 24.0 Å². The van der Waals surface area contributed by atoms with Crippen molar-refractivity contribution in [3.8, 4) is 0 Å². The van der Waals surface area contributed by atoms with Crippen LogP contribution in [0.2, 0.25) is 0 Å². The second-order valence-electron chi connectivity index (χ2n) is 8.14. The zero-order valence-corrected chi connectivity index (χ0v) is 20.9. The van der Waals surface area contributed by atoms with Crippen LogP contribution in [0.4, 0.5) is 10.5 Å². The third kappa shape index (κ3) is 8.05. The summed E-state index contributed by atoms with van der Waals surface area (Å²) in [6.45, 7) is 6.63. The summed E-state index contributed by atoms with van der Waals surface area (Å²) in [6, 6.07) is 18.5. The summed E-state index contributed by atoms with van der Waals surface area (Å²) in [4.78, 5) is 18.6. The van der Waals surface area contributed by atoms with E-state index in [-0.39, 0.29) is 36.0 Å². The van der Waals surface area contributed by atoms with Crippen LogP contribution in [0, 0.1) is 5.92 Å². The number of amides is 2. The third-order valence-electron chi connectivity index (χ3n) is 5.25. The van der Waals surface area contributed by atoms with Crippen molar-refractivity contribution in [2.24, 2.45) is 10.9 Å². The van der Waals surface area contributed by atoms with E-state index in [1.165, 1.54) is 12.0 Å². The summed E-state index contributed by atoms with van der Waals surface area (Å²) < 4.78 is 0. The summed E-state index contributed by atoms with van der Waals surface area (Å²) in [5, 5.41) is 9.14. The lowest BCUT2D eigenvalue weighted by atomic mass is 9.99. The minimum absolute atomic E-state index is 0. The molecule has 6 nitrogen and oxygen atoms in total. The normalized spacial score (nSPS) is 16.1. The molecule has 0 bridgehead atoms. The Kier molecular flexibility index (Phi) is 10.1. The topological polar surface area (TPSA) is 68.8 Å². The van der Waals surface area contributed by atoms with Crippen molar-refractivity contribution < 1.29 is 4.79 Å². The molecule has 2 aromatic rings. The molecular formula is C24H34IN5O. The first-order valence-corrected chi connectivity index (χ1v) is 10.7. The van der Waals surface area contributed by atoms with Crippen molar-refractivity contribution in [3.63, 3.8) is 0 Å². The number of likely N-dealkylation sites (tertiary alicyclic amines) is 1. The third-order valence-corrected chi connectivity index (χ3v) is 5.25. The van der Waals surface area contributed by atoms with Crippen LogP contribution in [0.25, 0.3) is 0 Å². The number of halogens is 1. The molecule has 0 radical (unpaired) electrons. The molecule has 0 aromatic heterocycles. The Hall–Kier alpha value is -2.29. The number of carbonyl (C=O) groups is 1. The van der Waals surface area contributed by atoms with E-state index in [1.807, 2.05) is 45.2 Å². The average Bonchev–Trinajstić information content (AvgIpc) is 3.18. The Balaban J connectivity index is 0.00000341. The second-order valence-corrected chi connectivity index (χ2v) is 8.14. The largest absolute Gasteiger partial charge is 0.352 e. The van der Waals surface area contributed by atoms with Gasteiger partial charge in [-0.15, -0.1) is 24.0 Å². The maximum absolute atomic E-state index is 11.8. The van der Waals surface area contributed by atoms with Crippen molar-refractivity contribution in [1.82, 2.24) is 15.5 Å². The lowest BCUT2D eigenvalue weighted by molar-refractivity contribution is 0.250. The first-order valence-electron chi connectivity index (χ1n) is 10.7. The molecule has 0 aliphatic carbocycles. The predicted molar refractivity (Wildman–Crippen MR) is 139 cm³/mol. The van der Waals surface area contributed by atoms with Crippen LogP contribution in [-0.2, 0) is 13.0 Å². The van der Waals surface area contributed by atoms with Gasteiger partial charge in [0, 0.05) is 38.4 Å². The van der Waals surface area contributed by atoms with Crippen molar-refractivity contribution in [1.29, 1.82) is 0 Å². The van der Waals surface area contributed by atoms with E-state index in [2.05, 4.69) is 56.2 Å². The first-order chi connectivity index (χ1) is 14.5. The summed E-state index contributed by atoms with van der Waals surface area (Å²) in [6.07, 6.45) is 2.31. The molecule has 1 saturated heterocycles. The molecule has 0 saturated carbocycles. The van der Waals surface area contributed by atoms with Crippen LogP contribution in [0.5, 0.6) is 0 Å². The zero-order chi connectivity index (χ0) is 21.3. The number of carbonyl (C=O) groups excluding carboxylic acids is 1. The fourth-order valence-corrected chi connectivity index (χ4v) is 3.79. The second kappa shape index (κ2) is 12.5. The number of aliphatic imine (C=N–C) groups is 1. The highest BCUT2D eigenvalue weighted by molar-refractivity contribution is 14.0. The van der Waals surface area contributed by atoms with Crippen LogP contribution in [0.3, 0.4) is 0 Å². The van der Waals surface area contributed by atoms with Gasteiger partial charge < -0.3 is 20.9 Å². The molecule has 1 aliphatic heterocycles. The van der Waals surface area contributed by atoms with Gasteiger partial charge >= 0.3 is 6.03 Å². The molecule has 2 amide bonds. The van der Waals surface area contributed by atoms with Gasteiger partial charge in [0.25, 0.3) is 0 Å². The minimum atomic E-state index is -0.185. The van der Waals surface area contributed by atoms with Gasteiger partial charge in [0.1, 0.15) is 0 Å². The predicted octanol–water partition coefficient (Wildman–Crippen LogP) is 4.47. The molecule has 1 fully saturated rings. The van der Waals surface area contributed by atoms with Gasteiger partial charge in [0.2, 0.25) is 0 Å². The van der Waals surface area contributed by atoms with Gasteiger partial charge in [0.15, 0.2) is 5.96 Å². The number of anilines is 1. The minimum Gasteiger partial charge on any atom is -0.352 e. The summed E-state index contributed by atoms with van der Waals surface area (Å²) in [7, 11) is 1.84. The molecule has 31 heavy (non-hydrogen) atoms. The van der Waals surface area contributed by atoms with Crippen molar-refractivity contribution in [2.45, 2.75) is 39.3 Å². The number of guanidine groups is 1. The number of nitrogens with zero attached hydrogens (tertiary/aromatic N) is 2. The van der Waals surface area contributed by atoms with Crippen molar-refractivity contribution in [3.05, 3.63) is 65.7 Å². The molecule has 3 rings (SSSR count). The van der Waals surface area contributed by atoms with E-state index >= 15 is 0 Å². The lowest BCUT2D eigenvalue weighted by Crippen LogP contribution is -2.39. The Morgan fingerprint density at radius 2 is 1.81 bits per heavy atom. The van der Waals surface area contributed by atoms with Crippen molar-refractivity contribution >= 4 is 41.7 Å². The van der Waals surface area contributed by atoms with E-state index in [4.69, 9.17) is 0 Å². The van der Waals surface area contributed by atoms with Crippen molar-refractivity contribution in [2.75, 3.05) is 25.5 Å². The Bertz CT molecular complexity index is 839. The number of rotatable bonds is 6. The Morgan fingerprint density at radius 1 is 1.10 bits per heavy atom. The van der Waals surface area contributed by atoms with Crippen LogP contribution in [-0.4, -0.2) is 43.1 Å². The van der Waals surface area contributed by atoms with E-state index in [1.54, 1.807) is 0 Å². The van der Waals surface area contributed by atoms with Gasteiger partial charge in [-0.1, -0.05) is 42.5 Å². The molecule has 1 aliphatic rings. The summed E-state index contributed by atoms with van der Waals surface area (Å²) in [5.41, 5.74) is 3.33. The van der Waals surface area contributed by atoms with Crippen LogP contribution in [0.15, 0.2) is 59.6 Å². The maximum Gasteiger partial charge on any atom is 0.319 e. The quantitative estimate of drug-likeness (QED) is 0.291. The average molecular weight is 535 g/mol. The van der Waals surface area contributed by atoms with E-state index in [9.17, 15) is 4.79 Å². The number of nitrogens with one attached hydrogen (secondary N) is 3. The number of hydrogen-bond acceptors (Lipinski definition) is 2. The SMILES string of the molecule is CN=C(NCc1ccc(NC(=O)NC(C)C)cc1)N1CCC(Cc2ccccc2)C1.I. The van der Waals surface area contributed by atoms with Crippen LogP contribution < -0.4 is 16.0 Å². The lowest BCUT2D eigenvalue weighted by Gasteiger charge is -2.22. The monoisotopic (exact) mass is 535 g/mol. The number of benzene rings is 2. The molecule has 1 unspecified atom stereocenters. The molecule has 2 aromatic carbocycles. The van der Waals surface area contributed by atoms with E-state index in [0.29, 0.717) is 12.5 Å².